The van der Waals surface area contributed by atoms with Gasteiger partial charge >= 0.3 is 6.09 Å². The molecule has 1 amide bonds. The van der Waals surface area contributed by atoms with Crippen LogP contribution in [-0.2, 0) is 11.4 Å². The van der Waals surface area contributed by atoms with Gasteiger partial charge in [0.25, 0.3) is 0 Å². The summed E-state index contributed by atoms with van der Waals surface area (Å²) in [5.74, 6) is 0. The van der Waals surface area contributed by atoms with Crippen LogP contribution in [0.2, 0.25) is 0 Å². The lowest BCUT2D eigenvalue weighted by atomic mass is 10.2. The zero-order valence-corrected chi connectivity index (χ0v) is 7.41. The molecule has 0 aliphatic heterocycles. The van der Waals surface area contributed by atoms with Gasteiger partial charge < -0.3 is 10.2 Å². The number of hydrogen-bond donors (Lipinski definition) is 2. The highest BCUT2D eigenvalue weighted by atomic mass is 16.7. The molecule has 4 heteroatoms. The van der Waals surface area contributed by atoms with Gasteiger partial charge in [0.15, 0.2) is 0 Å². The SMILES string of the molecule is CNOC(=O)NCc1ccccc1. The fraction of sp³-hybridized carbons (Fsp3) is 0.222. The van der Waals surface area contributed by atoms with Crippen LogP contribution in [0.4, 0.5) is 4.79 Å². The summed E-state index contributed by atoms with van der Waals surface area (Å²) in [4.78, 5) is 15.3. The average Bonchev–Trinajstić information content (AvgIpc) is 2.17. The van der Waals surface area contributed by atoms with Gasteiger partial charge in [-0.2, -0.15) is 5.48 Å². The number of amides is 1. The Morgan fingerprint density at radius 1 is 1.38 bits per heavy atom. The molecule has 0 atom stereocenters. The summed E-state index contributed by atoms with van der Waals surface area (Å²) in [6.07, 6.45) is -0.480. The topological polar surface area (TPSA) is 50.4 Å². The molecular weight excluding hydrogens is 168 g/mol. The molecule has 0 bridgehead atoms. The summed E-state index contributed by atoms with van der Waals surface area (Å²) in [6, 6.07) is 9.62. The molecule has 0 radical (unpaired) electrons. The van der Waals surface area contributed by atoms with Crippen molar-refractivity contribution in [1.82, 2.24) is 10.8 Å². The Hall–Kier alpha value is -1.55. The quantitative estimate of drug-likeness (QED) is 0.683. The van der Waals surface area contributed by atoms with Gasteiger partial charge in [0.05, 0.1) is 0 Å². The van der Waals surface area contributed by atoms with Gasteiger partial charge in [-0.15, -0.1) is 0 Å². The Morgan fingerprint density at radius 3 is 2.69 bits per heavy atom. The van der Waals surface area contributed by atoms with E-state index in [1.807, 2.05) is 30.3 Å². The van der Waals surface area contributed by atoms with Crippen molar-refractivity contribution in [2.45, 2.75) is 6.54 Å². The highest BCUT2D eigenvalue weighted by Gasteiger charge is 1.98. The van der Waals surface area contributed by atoms with Crippen molar-refractivity contribution in [3.05, 3.63) is 35.9 Å². The summed E-state index contributed by atoms with van der Waals surface area (Å²) in [5.41, 5.74) is 3.33. The zero-order chi connectivity index (χ0) is 9.52. The van der Waals surface area contributed by atoms with Crippen LogP contribution in [0.1, 0.15) is 5.56 Å². The Bertz CT molecular complexity index is 262. The molecule has 2 N–H and O–H groups in total. The molecule has 0 saturated heterocycles. The summed E-state index contributed by atoms with van der Waals surface area (Å²) < 4.78 is 0. The first kappa shape index (κ1) is 9.54. The lowest BCUT2D eigenvalue weighted by molar-refractivity contribution is 0.102. The molecule has 0 aromatic heterocycles. The molecule has 0 saturated carbocycles. The summed E-state index contributed by atoms with van der Waals surface area (Å²) in [5, 5.41) is 2.58. The predicted molar refractivity (Wildman–Crippen MR) is 48.8 cm³/mol. The number of hydroxylamine groups is 1. The van der Waals surface area contributed by atoms with E-state index in [2.05, 4.69) is 15.6 Å². The Labute approximate surface area is 76.9 Å². The Morgan fingerprint density at radius 2 is 2.08 bits per heavy atom. The Kier molecular flexibility index (Phi) is 3.78. The average molecular weight is 180 g/mol. The fourth-order valence-corrected chi connectivity index (χ4v) is 0.899. The largest absolute Gasteiger partial charge is 0.426 e. The molecule has 0 aliphatic carbocycles. The normalized spacial score (nSPS) is 9.31. The third-order valence-corrected chi connectivity index (χ3v) is 1.47. The van der Waals surface area contributed by atoms with E-state index in [9.17, 15) is 4.79 Å². The molecule has 1 aromatic rings. The van der Waals surface area contributed by atoms with Crippen LogP contribution in [0.5, 0.6) is 0 Å². The van der Waals surface area contributed by atoms with E-state index >= 15 is 0 Å². The molecule has 0 aliphatic rings. The first-order valence-corrected chi connectivity index (χ1v) is 3.98. The van der Waals surface area contributed by atoms with Gasteiger partial charge in [-0.05, 0) is 5.56 Å². The standard InChI is InChI=1S/C9H12N2O2/c1-10-13-9(12)11-7-8-5-3-2-4-6-8/h2-6,10H,7H2,1H3,(H,11,12). The van der Waals surface area contributed by atoms with Crippen molar-refractivity contribution in [2.24, 2.45) is 0 Å². The highest BCUT2D eigenvalue weighted by Crippen LogP contribution is 1.96. The molecule has 0 spiro atoms. The van der Waals surface area contributed by atoms with E-state index in [4.69, 9.17) is 0 Å². The van der Waals surface area contributed by atoms with Crippen LogP contribution in [0.3, 0.4) is 0 Å². The molecule has 4 nitrogen and oxygen atoms in total. The van der Waals surface area contributed by atoms with Crippen LogP contribution >= 0.6 is 0 Å². The van der Waals surface area contributed by atoms with Crippen LogP contribution < -0.4 is 10.8 Å². The summed E-state index contributed by atoms with van der Waals surface area (Å²) >= 11 is 0. The number of benzene rings is 1. The molecular formula is C9H12N2O2. The third kappa shape index (κ3) is 3.57. The zero-order valence-electron chi connectivity index (χ0n) is 7.41. The minimum Gasteiger partial charge on any atom is -0.354 e. The molecule has 0 fully saturated rings. The third-order valence-electron chi connectivity index (χ3n) is 1.47. The van der Waals surface area contributed by atoms with E-state index in [-0.39, 0.29) is 0 Å². The maximum absolute atomic E-state index is 10.8. The van der Waals surface area contributed by atoms with E-state index in [0.29, 0.717) is 6.54 Å². The summed E-state index contributed by atoms with van der Waals surface area (Å²) in [6.45, 7) is 0.474. The van der Waals surface area contributed by atoms with E-state index < -0.39 is 6.09 Å². The minimum atomic E-state index is -0.480. The van der Waals surface area contributed by atoms with Gasteiger partial charge in [0.1, 0.15) is 0 Å². The van der Waals surface area contributed by atoms with E-state index in [1.165, 1.54) is 7.05 Å². The molecule has 0 unspecified atom stereocenters. The minimum absolute atomic E-state index is 0.474. The molecule has 1 aromatic carbocycles. The fourth-order valence-electron chi connectivity index (χ4n) is 0.899. The predicted octanol–water partition coefficient (Wildman–Crippen LogP) is 1.05. The van der Waals surface area contributed by atoms with Crippen LogP contribution in [-0.4, -0.2) is 13.1 Å². The second-order valence-electron chi connectivity index (χ2n) is 2.43. The van der Waals surface area contributed by atoms with Crippen molar-refractivity contribution in [2.75, 3.05) is 7.05 Å². The van der Waals surface area contributed by atoms with Crippen LogP contribution in [0.15, 0.2) is 30.3 Å². The van der Waals surface area contributed by atoms with Gasteiger partial charge in [0, 0.05) is 13.6 Å². The highest BCUT2D eigenvalue weighted by molar-refractivity contribution is 5.66. The smallest absolute Gasteiger partial charge is 0.354 e. The lowest BCUT2D eigenvalue weighted by Gasteiger charge is -2.04. The molecule has 0 heterocycles. The van der Waals surface area contributed by atoms with Crippen molar-refractivity contribution in [3.63, 3.8) is 0 Å². The Balaban J connectivity index is 2.31. The van der Waals surface area contributed by atoms with Crippen molar-refractivity contribution < 1.29 is 9.63 Å². The molecule has 70 valence electrons. The first-order valence-electron chi connectivity index (χ1n) is 3.98. The van der Waals surface area contributed by atoms with Crippen LogP contribution in [0.25, 0.3) is 0 Å². The number of carbonyl (C=O) groups is 1. The molecule has 13 heavy (non-hydrogen) atoms. The van der Waals surface area contributed by atoms with Gasteiger partial charge in [-0.1, -0.05) is 30.3 Å². The lowest BCUT2D eigenvalue weighted by Crippen LogP contribution is -2.27. The van der Waals surface area contributed by atoms with E-state index in [0.717, 1.165) is 5.56 Å². The van der Waals surface area contributed by atoms with Crippen LogP contribution in [0, 0.1) is 0 Å². The monoisotopic (exact) mass is 180 g/mol. The van der Waals surface area contributed by atoms with Gasteiger partial charge in [-0.25, -0.2) is 4.79 Å². The van der Waals surface area contributed by atoms with Crippen molar-refractivity contribution in [1.29, 1.82) is 0 Å². The maximum atomic E-state index is 10.8. The maximum Gasteiger partial charge on any atom is 0.426 e. The number of carbonyl (C=O) groups excluding carboxylic acids is 1. The number of hydrogen-bond acceptors (Lipinski definition) is 3. The number of rotatable bonds is 3. The number of nitrogens with one attached hydrogen (secondary N) is 2. The second-order valence-corrected chi connectivity index (χ2v) is 2.43. The van der Waals surface area contributed by atoms with Crippen molar-refractivity contribution >= 4 is 6.09 Å². The first-order chi connectivity index (χ1) is 6.33. The van der Waals surface area contributed by atoms with Gasteiger partial charge in [-0.3, -0.25) is 0 Å². The molecule has 1 rings (SSSR count). The van der Waals surface area contributed by atoms with Gasteiger partial charge in [0.2, 0.25) is 0 Å². The summed E-state index contributed by atoms with van der Waals surface area (Å²) in [7, 11) is 1.53. The second kappa shape index (κ2) is 5.16. The van der Waals surface area contributed by atoms with E-state index in [1.54, 1.807) is 0 Å². The van der Waals surface area contributed by atoms with Crippen molar-refractivity contribution in [3.8, 4) is 0 Å².